The SMILES string of the molecule is Nc1c(Br)cc(Br)cc1C(c1ccccc1)c1ccccc1. The van der Waals surface area contributed by atoms with Crippen molar-refractivity contribution in [2.24, 2.45) is 0 Å². The number of anilines is 1. The number of nitrogens with two attached hydrogens (primary N) is 1. The summed E-state index contributed by atoms with van der Waals surface area (Å²) in [6, 6.07) is 25.0. The van der Waals surface area contributed by atoms with Gasteiger partial charge in [0.15, 0.2) is 0 Å². The van der Waals surface area contributed by atoms with E-state index in [1.165, 1.54) is 11.1 Å². The standard InChI is InChI=1S/C19H15Br2N/c20-15-11-16(19(22)17(21)12-15)18(13-7-3-1-4-8-13)14-9-5-2-6-10-14/h1-12,18H,22H2. The third-order valence-corrected chi connectivity index (χ3v) is 4.82. The van der Waals surface area contributed by atoms with Crippen molar-refractivity contribution in [2.75, 3.05) is 5.73 Å². The van der Waals surface area contributed by atoms with E-state index < -0.39 is 0 Å². The van der Waals surface area contributed by atoms with Gasteiger partial charge in [-0.3, -0.25) is 0 Å². The van der Waals surface area contributed by atoms with Crippen LogP contribution in [0.1, 0.15) is 22.6 Å². The molecule has 0 spiro atoms. The van der Waals surface area contributed by atoms with Gasteiger partial charge in [-0.2, -0.15) is 0 Å². The number of benzene rings is 3. The lowest BCUT2D eigenvalue weighted by molar-refractivity contribution is 0.978. The molecule has 3 aromatic rings. The lowest BCUT2D eigenvalue weighted by atomic mass is 9.84. The van der Waals surface area contributed by atoms with Crippen molar-refractivity contribution >= 4 is 37.5 Å². The second-order valence-electron chi connectivity index (χ2n) is 5.14. The molecule has 0 aliphatic carbocycles. The Balaban J connectivity index is 2.23. The second-order valence-corrected chi connectivity index (χ2v) is 6.91. The third kappa shape index (κ3) is 3.11. The van der Waals surface area contributed by atoms with E-state index in [4.69, 9.17) is 5.73 Å². The summed E-state index contributed by atoms with van der Waals surface area (Å²) in [5.74, 6) is 0.108. The molecule has 0 fully saturated rings. The fourth-order valence-corrected chi connectivity index (χ4v) is 3.94. The molecule has 3 rings (SSSR count). The maximum atomic E-state index is 6.36. The molecule has 3 heteroatoms. The van der Waals surface area contributed by atoms with Gasteiger partial charge in [-0.15, -0.1) is 0 Å². The first-order valence-electron chi connectivity index (χ1n) is 7.01. The van der Waals surface area contributed by atoms with Gasteiger partial charge in [-0.1, -0.05) is 76.6 Å². The number of rotatable bonds is 3. The highest BCUT2D eigenvalue weighted by molar-refractivity contribution is 9.11. The van der Waals surface area contributed by atoms with Gasteiger partial charge in [0.05, 0.1) is 5.69 Å². The fourth-order valence-electron chi connectivity index (χ4n) is 2.69. The average molecular weight is 417 g/mol. The predicted molar refractivity (Wildman–Crippen MR) is 100 cm³/mol. The molecule has 0 bridgehead atoms. The van der Waals surface area contributed by atoms with Crippen molar-refractivity contribution in [3.63, 3.8) is 0 Å². The van der Waals surface area contributed by atoms with E-state index >= 15 is 0 Å². The van der Waals surface area contributed by atoms with Gasteiger partial charge in [0, 0.05) is 14.9 Å². The smallest absolute Gasteiger partial charge is 0.0501 e. The van der Waals surface area contributed by atoms with Gasteiger partial charge in [-0.05, 0) is 44.8 Å². The summed E-state index contributed by atoms with van der Waals surface area (Å²) >= 11 is 7.13. The van der Waals surface area contributed by atoms with Crippen molar-refractivity contribution in [1.82, 2.24) is 0 Å². The highest BCUT2D eigenvalue weighted by Crippen LogP contribution is 2.39. The van der Waals surface area contributed by atoms with Gasteiger partial charge in [-0.25, -0.2) is 0 Å². The van der Waals surface area contributed by atoms with Crippen LogP contribution in [0.15, 0.2) is 81.7 Å². The summed E-state index contributed by atoms with van der Waals surface area (Å²) in [7, 11) is 0. The van der Waals surface area contributed by atoms with Crippen molar-refractivity contribution in [3.8, 4) is 0 Å². The Kier molecular flexibility index (Phi) is 4.65. The Hall–Kier alpha value is -1.58. The molecule has 0 aliphatic rings. The van der Waals surface area contributed by atoms with Crippen molar-refractivity contribution in [1.29, 1.82) is 0 Å². The topological polar surface area (TPSA) is 26.0 Å². The molecule has 0 saturated heterocycles. The summed E-state index contributed by atoms with van der Waals surface area (Å²) in [5.41, 5.74) is 10.7. The summed E-state index contributed by atoms with van der Waals surface area (Å²) in [4.78, 5) is 0. The lowest BCUT2D eigenvalue weighted by Gasteiger charge is -2.21. The molecule has 0 atom stereocenters. The highest BCUT2D eigenvalue weighted by Gasteiger charge is 2.20. The molecular weight excluding hydrogens is 402 g/mol. The molecule has 3 aromatic carbocycles. The number of nitrogen functional groups attached to an aromatic ring is 1. The molecule has 1 nitrogen and oxygen atoms in total. The largest absolute Gasteiger partial charge is 0.398 e. The fraction of sp³-hybridized carbons (Fsp3) is 0.0526. The molecule has 0 unspecified atom stereocenters. The van der Waals surface area contributed by atoms with E-state index in [0.29, 0.717) is 0 Å². The molecule has 0 radical (unpaired) electrons. The van der Waals surface area contributed by atoms with E-state index in [1.807, 2.05) is 18.2 Å². The highest BCUT2D eigenvalue weighted by atomic mass is 79.9. The Morgan fingerprint density at radius 3 is 1.73 bits per heavy atom. The number of hydrogen-bond acceptors (Lipinski definition) is 1. The van der Waals surface area contributed by atoms with E-state index in [9.17, 15) is 0 Å². The summed E-state index contributed by atoms with van der Waals surface area (Å²) in [6.45, 7) is 0. The maximum Gasteiger partial charge on any atom is 0.0501 e. The van der Waals surface area contributed by atoms with Crippen LogP contribution >= 0.6 is 31.9 Å². The van der Waals surface area contributed by atoms with Crippen molar-refractivity contribution in [3.05, 3.63) is 98.4 Å². The molecule has 0 aliphatic heterocycles. The first-order chi connectivity index (χ1) is 10.7. The van der Waals surface area contributed by atoms with Gasteiger partial charge in [0.2, 0.25) is 0 Å². The van der Waals surface area contributed by atoms with Crippen LogP contribution in [-0.2, 0) is 0 Å². The minimum absolute atomic E-state index is 0.108. The van der Waals surface area contributed by atoms with E-state index in [0.717, 1.165) is 20.2 Å². The summed E-state index contributed by atoms with van der Waals surface area (Å²) in [6.07, 6.45) is 0. The minimum Gasteiger partial charge on any atom is -0.398 e. The maximum absolute atomic E-state index is 6.36. The van der Waals surface area contributed by atoms with Gasteiger partial charge in [0.1, 0.15) is 0 Å². The van der Waals surface area contributed by atoms with Crippen molar-refractivity contribution in [2.45, 2.75) is 5.92 Å². The normalized spacial score (nSPS) is 10.9. The lowest BCUT2D eigenvalue weighted by Crippen LogP contribution is -2.07. The molecule has 2 N–H and O–H groups in total. The number of hydrogen-bond donors (Lipinski definition) is 1. The van der Waals surface area contributed by atoms with Gasteiger partial charge < -0.3 is 5.73 Å². The van der Waals surface area contributed by atoms with E-state index in [1.54, 1.807) is 0 Å². The predicted octanol–water partition coefficient (Wildman–Crippen LogP) is 5.97. The Bertz CT molecular complexity index is 731. The van der Waals surface area contributed by atoms with Crippen LogP contribution in [0.5, 0.6) is 0 Å². The monoisotopic (exact) mass is 415 g/mol. The molecular formula is C19H15Br2N. The van der Waals surface area contributed by atoms with Crippen LogP contribution in [0.3, 0.4) is 0 Å². The van der Waals surface area contributed by atoms with Gasteiger partial charge >= 0.3 is 0 Å². The molecule has 0 saturated carbocycles. The second kappa shape index (κ2) is 6.67. The average Bonchev–Trinajstić information content (AvgIpc) is 2.54. The quantitative estimate of drug-likeness (QED) is 0.412. The Labute approximate surface area is 147 Å². The molecule has 0 amide bonds. The zero-order valence-electron chi connectivity index (χ0n) is 11.8. The first-order valence-corrected chi connectivity index (χ1v) is 8.59. The van der Waals surface area contributed by atoms with Crippen LogP contribution in [-0.4, -0.2) is 0 Å². The van der Waals surface area contributed by atoms with Crippen LogP contribution in [0, 0.1) is 0 Å². The van der Waals surface area contributed by atoms with Crippen molar-refractivity contribution < 1.29 is 0 Å². The van der Waals surface area contributed by atoms with Gasteiger partial charge in [0.25, 0.3) is 0 Å². The summed E-state index contributed by atoms with van der Waals surface area (Å²) in [5, 5.41) is 0. The molecule has 0 aromatic heterocycles. The molecule has 22 heavy (non-hydrogen) atoms. The Morgan fingerprint density at radius 2 is 1.23 bits per heavy atom. The first kappa shape index (κ1) is 15.3. The summed E-state index contributed by atoms with van der Waals surface area (Å²) < 4.78 is 1.93. The van der Waals surface area contributed by atoms with Crippen LogP contribution in [0.2, 0.25) is 0 Å². The van der Waals surface area contributed by atoms with Crippen LogP contribution in [0.4, 0.5) is 5.69 Å². The third-order valence-electron chi connectivity index (χ3n) is 3.70. The van der Waals surface area contributed by atoms with E-state index in [-0.39, 0.29) is 5.92 Å². The molecule has 110 valence electrons. The Morgan fingerprint density at radius 1 is 0.727 bits per heavy atom. The zero-order chi connectivity index (χ0) is 15.5. The zero-order valence-corrected chi connectivity index (χ0v) is 15.0. The molecule has 0 heterocycles. The number of halogens is 2. The van der Waals surface area contributed by atoms with Crippen LogP contribution < -0.4 is 5.73 Å². The van der Waals surface area contributed by atoms with E-state index in [2.05, 4.69) is 86.5 Å². The van der Waals surface area contributed by atoms with Crippen LogP contribution in [0.25, 0.3) is 0 Å². The minimum atomic E-state index is 0.108.